The Kier molecular flexibility index (Phi) is 2.92. The van der Waals surface area contributed by atoms with Crippen molar-refractivity contribution in [2.75, 3.05) is 0 Å². The van der Waals surface area contributed by atoms with Crippen LogP contribution in [0.25, 0.3) is 10.2 Å². The van der Waals surface area contributed by atoms with Gasteiger partial charge in [0, 0.05) is 13.8 Å². The van der Waals surface area contributed by atoms with E-state index in [0.717, 1.165) is 12.1 Å². The Balaban J connectivity index is 2.54. The minimum atomic E-state index is -0.283. The number of thiazole rings is 1. The van der Waals surface area contributed by atoms with E-state index in [2.05, 4.69) is 18.4 Å². The van der Waals surface area contributed by atoms with E-state index in [4.69, 9.17) is 4.74 Å². The number of hydrogen-bond donors (Lipinski definition) is 0. The van der Waals surface area contributed by atoms with Crippen molar-refractivity contribution in [1.82, 2.24) is 0 Å². The summed E-state index contributed by atoms with van der Waals surface area (Å²) in [6, 6.07) is 5.75. The number of aromatic nitrogens is 1. The lowest BCUT2D eigenvalue weighted by Crippen LogP contribution is -2.33. The van der Waals surface area contributed by atoms with Crippen LogP contribution < -0.4 is 9.30 Å². The van der Waals surface area contributed by atoms with Crippen molar-refractivity contribution >= 4 is 27.5 Å². The molecule has 2 aromatic rings. The first-order chi connectivity index (χ1) is 7.61. The molecule has 0 N–H and O–H groups in total. The summed E-state index contributed by atoms with van der Waals surface area (Å²) in [5.74, 6) is 0.328. The fourth-order valence-electron chi connectivity index (χ4n) is 1.80. The van der Waals surface area contributed by atoms with Crippen molar-refractivity contribution in [1.29, 1.82) is 0 Å². The molecule has 0 aliphatic heterocycles. The summed E-state index contributed by atoms with van der Waals surface area (Å²) in [7, 11) is 0. The van der Waals surface area contributed by atoms with Crippen molar-refractivity contribution in [3.8, 4) is 5.75 Å². The summed E-state index contributed by atoms with van der Waals surface area (Å²) in [5.41, 5.74) is 1.13. The van der Waals surface area contributed by atoms with Gasteiger partial charge >= 0.3 is 5.97 Å². The number of hydrogen-bond acceptors (Lipinski definition) is 3. The molecule has 3 nitrogen and oxygen atoms in total. The zero-order chi connectivity index (χ0) is 11.7. The maximum atomic E-state index is 10.9. The second kappa shape index (κ2) is 4.22. The number of nitrogens with zero attached hydrogens (tertiary/aromatic N) is 1. The van der Waals surface area contributed by atoms with E-state index in [-0.39, 0.29) is 5.97 Å². The first-order valence-corrected chi connectivity index (χ1v) is 6.05. The number of rotatable bonds is 2. The van der Waals surface area contributed by atoms with Gasteiger partial charge in [-0.2, -0.15) is 4.57 Å². The lowest BCUT2D eigenvalue weighted by atomic mass is 10.3. The highest BCUT2D eigenvalue weighted by Crippen LogP contribution is 2.24. The molecule has 1 heterocycles. The van der Waals surface area contributed by atoms with Crippen LogP contribution in [0, 0.1) is 6.92 Å². The van der Waals surface area contributed by atoms with Crippen LogP contribution in [0.5, 0.6) is 5.75 Å². The first kappa shape index (κ1) is 11.1. The van der Waals surface area contributed by atoms with Gasteiger partial charge in [0.1, 0.15) is 17.0 Å². The van der Waals surface area contributed by atoms with Crippen molar-refractivity contribution in [3.63, 3.8) is 0 Å². The summed E-state index contributed by atoms with van der Waals surface area (Å²) in [6.07, 6.45) is 0. The van der Waals surface area contributed by atoms with Gasteiger partial charge in [0.05, 0.1) is 6.07 Å². The van der Waals surface area contributed by atoms with Crippen LogP contribution in [0.1, 0.15) is 18.9 Å². The lowest BCUT2D eigenvalue weighted by molar-refractivity contribution is -0.669. The van der Waals surface area contributed by atoms with Gasteiger partial charge < -0.3 is 4.74 Å². The number of carbonyl (C=O) groups excluding carboxylic acids is 1. The first-order valence-electron chi connectivity index (χ1n) is 5.23. The van der Waals surface area contributed by atoms with Crippen LogP contribution in [-0.2, 0) is 11.3 Å². The number of benzene rings is 1. The SMILES string of the molecule is CC[n+]1c(C)sc2ccc(OC(C)=O)cc21. The van der Waals surface area contributed by atoms with E-state index in [0.29, 0.717) is 5.75 Å². The Labute approximate surface area is 98.3 Å². The second-order valence-electron chi connectivity index (χ2n) is 3.59. The molecule has 0 bridgehead atoms. The van der Waals surface area contributed by atoms with Crippen LogP contribution in [-0.4, -0.2) is 5.97 Å². The van der Waals surface area contributed by atoms with Gasteiger partial charge in [-0.3, -0.25) is 4.79 Å². The minimum absolute atomic E-state index is 0.283. The quantitative estimate of drug-likeness (QED) is 0.455. The highest BCUT2D eigenvalue weighted by Gasteiger charge is 2.16. The number of esters is 1. The number of carbonyl (C=O) groups is 1. The zero-order valence-corrected chi connectivity index (χ0v) is 10.4. The molecule has 0 fully saturated rings. The van der Waals surface area contributed by atoms with Crippen LogP contribution >= 0.6 is 11.3 Å². The molecule has 16 heavy (non-hydrogen) atoms. The zero-order valence-electron chi connectivity index (χ0n) is 9.61. The maximum Gasteiger partial charge on any atom is 0.308 e. The fraction of sp³-hybridized carbons (Fsp3) is 0.333. The van der Waals surface area contributed by atoms with Gasteiger partial charge in [0.15, 0.2) is 0 Å². The third-order valence-corrected chi connectivity index (χ3v) is 3.52. The molecular formula is C12H14NO2S+. The largest absolute Gasteiger partial charge is 0.426 e. The number of fused-ring (bicyclic) bond motifs is 1. The molecule has 1 aromatic carbocycles. The van der Waals surface area contributed by atoms with Crippen molar-refractivity contribution < 1.29 is 14.1 Å². The predicted octanol–water partition coefficient (Wildman–Crippen LogP) is 2.44. The van der Waals surface area contributed by atoms with Crippen LogP contribution in [0.2, 0.25) is 0 Å². The highest BCUT2D eigenvalue weighted by atomic mass is 32.1. The van der Waals surface area contributed by atoms with Gasteiger partial charge in [-0.25, -0.2) is 0 Å². The molecule has 0 aliphatic rings. The predicted molar refractivity (Wildman–Crippen MR) is 63.7 cm³/mol. The standard InChI is InChI=1S/C12H14NO2S/c1-4-13-8(2)16-12-6-5-10(7-11(12)13)15-9(3)14/h5-7H,4H2,1-3H3/q+1. The molecule has 0 atom stereocenters. The Morgan fingerprint density at radius 1 is 1.50 bits per heavy atom. The average molecular weight is 236 g/mol. The van der Waals surface area contributed by atoms with E-state index in [1.54, 1.807) is 11.3 Å². The summed E-state index contributed by atoms with van der Waals surface area (Å²) in [6.45, 7) is 6.55. The van der Waals surface area contributed by atoms with Crippen molar-refractivity contribution in [2.24, 2.45) is 0 Å². The molecule has 4 heteroatoms. The van der Waals surface area contributed by atoms with E-state index >= 15 is 0 Å². The molecule has 1 aromatic heterocycles. The normalized spacial score (nSPS) is 10.7. The second-order valence-corrected chi connectivity index (χ2v) is 4.82. The maximum absolute atomic E-state index is 10.9. The molecule has 84 valence electrons. The van der Waals surface area contributed by atoms with Gasteiger partial charge in [0.2, 0.25) is 10.5 Å². The Bertz CT molecular complexity index is 545. The van der Waals surface area contributed by atoms with Gasteiger partial charge in [-0.1, -0.05) is 11.3 Å². The molecule has 0 saturated heterocycles. The molecule has 0 amide bonds. The van der Waals surface area contributed by atoms with Gasteiger partial charge in [-0.05, 0) is 19.1 Å². The third kappa shape index (κ3) is 1.93. The summed E-state index contributed by atoms with van der Waals surface area (Å²) >= 11 is 1.75. The molecule has 0 aliphatic carbocycles. The average Bonchev–Trinajstić information content (AvgIpc) is 2.52. The smallest absolute Gasteiger partial charge is 0.308 e. The molecular weight excluding hydrogens is 222 g/mol. The van der Waals surface area contributed by atoms with E-state index in [1.807, 2.05) is 18.2 Å². The van der Waals surface area contributed by atoms with Crippen LogP contribution in [0.4, 0.5) is 0 Å². The van der Waals surface area contributed by atoms with Gasteiger partial charge in [-0.15, -0.1) is 0 Å². The number of ether oxygens (including phenoxy) is 1. The molecule has 0 unspecified atom stereocenters. The van der Waals surface area contributed by atoms with Crippen LogP contribution in [0.15, 0.2) is 18.2 Å². The molecule has 2 rings (SSSR count). The minimum Gasteiger partial charge on any atom is -0.426 e. The van der Waals surface area contributed by atoms with Gasteiger partial charge in [0.25, 0.3) is 0 Å². The Morgan fingerprint density at radius 3 is 2.88 bits per heavy atom. The van der Waals surface area contributed by atoms with E-state index in [9.17, 15) is 4.79 Å². The molecule has 0 radical (unpaired) electrons. The number of aryl methyl sites for hydroxylation is 2. The topological polar surface area (TPSA) is 30.2 Å². The third-order valence-electron chi connectivity index (χ3n) is 2.44. The molecule has 0 spiro atoms. The summed E-state index contributed by atoms with van der Waals surface area (Å²) < 4.78 is 8.52. The van der Waals surface area contributed by atoms with E-state index < -0.39 is 0 Å². The summed E-state index contributed by atoms with van der Waals surface area (Å²) in [4.78, 5) is 10.9. The van der Waals surface area contributed by atoms with E-state index in [1.165, 1.54) is 16.6 Å². The monoisotopic (exact) mass is 236 g/mol. The molecule has 0 saturated carbocycles. The summed E-state index contributed by atoms with van der Waals surface area (Å²) in [5, 5.41) is 1.26. The Hall–Kier alpha value is -1.42. The van der Waals surface area contributed by atoms with Crippen molar-refractivity contribution in [3.05, 3.63) is 23.2 Å². The Morgan fingerprint density at radius 2 is 2.25 bits per heavy atom. The fourth-order valence-corrected chi connectivity index (χ4v) is 2.87. The lowest BCUT2D eigenvalue weighted by Gasteiger charge is -1.99. The highest BCUT2D eigenvalue weighted by molar-refractivity contribution is 7.18. The van der Waals surface area contributed by atoms with Crippen LogP contribution in [0.3, 0.4) is 0 Å². The van der Waals surface area contributed by atoms with Crippen molar-refractivity contribution in [2.45, 2.75) is 27.3 Å².